The molecule has 1 aromatic carbocycles. The van der Waals surface area contributed by atoms with Crippen molar-refractivity contribution in [1.29, 1.82) is 0 Å². The summed E-state index contributed by atoms with van der Waals surface area (Å²) < 4.78 is 9.62. The smallest absolute Gasteiger partial charge is 0.337 e. The molecule has 0 radical (unpaired) electrons. The van der Waals surface area contributed by atoms with E-state index in [-0.39, 0.29) is 5.91 Å². The van der Waals surface area contributed by atoms with Crippen molar-refractivity contribution in [3.05, 3.63) is 65.5 Å². The topological polar surface area (TPSA) is 106 Å². The van der Waals surface area contributed by atoms with Gasteiger partial charge in [-0.05, 0) is 37.3 Å². The lowest BCUT2D eigenvalue weighted by Gasteiger charge is -2.08. The largest absolute Gasteiger partial charge is 0.465 e. The third kappa shape index (κ3) is 4.04. The Morgan fingerprint density at radius 1 is 1.08 bits per heavy atom. The van der Waals surface area contributed by atoms with E-state index in [1.807, 2.05) is 0 Å². The molecule has 2 heterocycles. The van der Waals surface area contributed by atoms with Crippen molar-refractivity contribution in [2.24, 2.45) is 0 Å². The lowest BCUT2D eigenvalue weighted by molar-refractivity contribution is 0.0600. The monoisotopic (exact) mass is 352 g/mol. The molecule has 0 saturated carbocycles. The second-order valence-corrected chi connectivity index (χ2v) is 5.40. The third-order valence-electron chi connectivity index (χ3n) is 3.45. The number of nitrogens with zero attached hydrogens (tertiary/aromatic N) is 2. The number of carbonyl (C=O) groups is 2. The zero-order valence-corrected chi connectivity index (χ0v) is 14.1. The number of methoxy groups -OCH3 is 1. The second kappa shape index (κ2) is 7.47. The van der Waals surface area contributed by atoms with Crippen molar-refractivity contribution in [2.75, 3.05) is 17.7 Å². The number of hydrogen-bond donors (Lipinski definition) is 2. The molecule has 0 aliphatic heterocycles. The van der Waals surface area contributed by atoms with E-state index < -0.39 is 5.97 Å². The number of nitrogens with one attached hydrogen (secondary N) is 2. The number of amides is 1. The Balaban J connectivity index is 1.75. The van der Waals surface area contributed by atoms with Crippen molar-refractivity contribution in [3.8, 4) is 0 Å². The summed E-state index contributed by atoms with van der Waals surface area (Å²) in [6, 6.07) is 11.6. The lowest BCUT2D eigenvalue weighted by Crippen LogP contribution is -2.12. The average molecular weight is 352 g/mol. The van der Waals surface area contributed by atoms with Gasteiger partial charge in [-0.15, -0.1) is 0 Å². The summed E-state index contributed by atoms with van der Waals surface area (Å²) in [5.41, 5.74) is 1.45. The van der Waals surface area contributed by atoms with E-state index in [9.17, 15) is 9.59 Å². The summed E-state index contributed by atoms with van der Waals surface area (Å²) in [5.74, 6) is 0.619. The van der Waals surface area contributed by atoms with E-state index in [4.69, 9.17) is 9.26 Å². The molecular formula is C18H16N4O4. The van der Waals surface area contributed by atoms with Gasteiger partial charge in [-0.2, -0.15) is 0 Å². The Labute approximate surface area is 149 Å². The molecule has 8 nitrogen and oxygen atoms in total. The standard InChI is InChI=1S/C18H16N4O4/c1-11-8-16(22-26-11)21-17(23)12-6-7-19-15(10-12)20-14-5-3-4-13(9-14)18(24)25-2/h3-10H,1-2H3,(H,19,20)(H,21,22,23). The number of anilines is 3. The summed E-state index contributed by atoms with van der Waals surface area (Å²) in [7, 11) is 1.32. The molecule has 2 aromatic heterocycles. The predicted molar refractivity (Wildman–Crippen MR) is 94.5 cm³/mol. The zero-order valence-electron chi connectivity index (χ0n) is 14.1. The Morgan fingerprint density at radius 2 is 1.92 bits per heavy atom. The lowest BCUT2D eigenvalue weighted by atomic mass is 10.2. The molecule has 0 unspecified atom stereocenters. The van der Waals surface area contributed by atoms with Crippen molar-refractivity contribution in [1.82, 2.24) is 10.1 Å². The SMILES string of the molecule is COC(=O)c1cccc(Nc2cc(C(=O)Nc3cc(C)on3)ccn2)c1. The summed E-state index contributed by atoms with van der Waals surface area (Å²) in [6.45, 7) is 1.74. The molecule has 0 saturated heterocycles. The Bertz CT molecular complexity index is 952. The van der Waals surface area contributed by atoms with E-state index in [0.717, 1.165) is 0 Å². The van der Waals surface area contributed by atoms with Gasteiger partial charge in [0.1, 0.15) is 11.6 Å². The first-order chi connectivity index (χ1) is 12.5. The van der Waals surface area contributed by atoms with Crippen molar-refractivity contribution in [2.45, 2.75) is 6.92 Å². The minimum atomic E-state index is -0.433. The molecule has 0 atom stereocenters. The number of esters is 1. The summed E-state index contributed by atoms with van der Waals surface area (Å²) >= 11 is 0. The average Bonchev–Trinajstić information content (AvgIpc) is 3.06. The fourth-order valence-electron chi connectivity index (χ4n) is 2.24. The molecule has 0 spiro atoms. The summed E-state index contributed by atoms with van der Waals surface area (Å²) in [4.78, 5) is 28.1. The zero-order chi connectivity index (χ0) is 18.5. The van der Waals surface area contributed by atoms with Gasteiger partial charge in [-0.25, -0.2) is 9.78 Å². The molecule has 1 amide bonds. The predicted octanol–water partition coefficient (Wildman–Crippen LogP) is 3.16. The van der Waals surface area contributed by atoms with Gasteiger partial charge < -0.3 is 19.9 Å². The molecule has 3 aromatic rings. The third-order valence-corrected chi connectivity index (χ3v) is 3.45. The van der Waals surface area contributed by atoms with Crippen LogP contribution < -0.4 is 10.6 Å². The van der Waals surface area contributed by atoms with Crippen LogP contribution in [0.5, 0.6) is 0 Å². The van der Waals surface area contributed by atoms with Gasteiger partial charge in [0.25, 0.3) is 5.91 Å². The highest BCUT2D eigenvalue weighted by atomic mass is 16.5. The maximum absolute atomic E-state index is 12.3. The number of carbonyl (C=O) groups excluding carboxylic acids is 2. The number of hydrogen-bond acceptors (Lipinski definition) is 7. The van der Waals surface area contributed by atoms with E-state index in [1.165, 1.54) is 13.3 Å². The van der Waals surface area contributed by atoms with Gasteiger partial charge >= 0.3 is 5.97 Å². The van der Waals surface area contributed by atoms with Crippen LogP contribution in [0.1, 0.15) is 26.5 Å². The van der Waals surface area contributed by atoms with Crippen LogP contribution in [-0.4, -0.2) is 29.1 Å². The first-order valence-corrected chi connectivity index (χ1v) is 7.71. The van der Waals surface area contributed by atoms with E-state index in [2.05, 4.69) is 20.8 Å². The number of ether oxygens (including phenoxy) is 1. The Morgan fingerprint density at radius 3 is 2.65 bits per heavy atom. The van der Waals surface area contributed by atoms with Crippen LogP contribution in [-0.2, 0) is 4.74 Å². The van der Waals surface area contributed by atoms with Gasteiger partial charge in [0.2, 0.25) is 0 Å². The quantitative estimate of drug-likeness (QED) is 0.679. The summed E-state index contributed by atoms with van der Waals surface area (Å²) in [5, 5.41) is 9.42. The molecule has 0 fully saturated rings. The normalized spacial score (nSPS) is 10.2. The molecule has 0 aliphatic rings. The van der Waals surface area contributed by atoms with E-state index in [0.29, 0.717) is 34.2 Å². The van der Waals surface area contributed by atoms with Crippen LogP contribution in [0.25, 0.3) is 0 Å². The van der Waals surface area contributed by atoms with Crippen molar-refractivity contribution >= 4 is 29.2 Å². The van der Waals surface area contributed by atoms with Gasteiger partial charge in [0.05, 0.1) is 12.7 Å². The van der Waals surface area contributed by atoms with Crippen LogP contribution in [0.4, 0.5) is 17.3 Å². The van der Waals surface area contributed by atoms with Gasteiger partial charge in [-0.3, -0.25) is 4.79 Å². The molecular weight excluding hydrogens is 336 g/mol. The first kappa shape index (κ1) is 17.2. The van der Waals surface area contributed by atoms with Crippen LogP contribution in [0, 0.1) is 6.92 Å². The summed E-state index contributed by atoms with van der Waals surface area (Å²) in [6.07, 6.45) is 1.51. The van der Waals surface area contributed by atoms with Gasteiger partial charge in [0.15, 0.2) is 5.82 Å². The molecule has 8 heteroatoms. The fraction of sp³-hybridized carbons (Fsp3) is 0.111. The van der Waals surface area contributed by atoms with Crippen LogP contribution in [0.3, 0.4) is 0 Å². The number of aromatic nitrogens is 2. The minimum absolute atomic E-state index is 0.338. The molecule has 2 N–H and O–H groups in total. The van der Waals surface area contributed by atoms with Crippen LogP contribution >= 0.6 is 0 Å². The number of pyridine rings is 1. The van der Waals surface area contributed by atoms with E-state index >= 15 is 0 Å². The molecule has 0 aliphatic carbocycles. The van der Waals surface area contributed by atoms with Gasteiger partial charge in [-0.1, -0.05) is 11.2 Å². The Kier molecular flexibility index (Phi) is 4.93. The van der Waals surface area contributed by atoms with E-state index in [1.54, 1.807) is 49.4 Å². The van der Waals surface area contributed by atoms with Crippen LogP contribution in [0.2, 0.25) is 0 Å². The first-order valence-electron chi connectivity index (χ1n) is 7.71. The second-order valence-electron chi connectivity index (χ2n) is 5.40. The number of benzene rings is 1. The highest BCUT2D eigenvalue weighted by molar-refractivity contribution is 6.04. The number of aryl methyl sites for hydroxylation is 1. The van der Waals surface area contributed by atoms with Crippen molar-refractivity contribution < 1.29 is 18.8 Å². The molecule has 132 valence electrons. The fourth-order valence-corrected chi connectivity index (χ4v) is 2.24. The molecule has 0 bridgehead atoms. The van der Waals surface area contributed by atoms with Gasteiger partial charge in [0, 0.05) is 23.5 Å². The highest BCUT2D eigenvalue weighted by Crippen LogP contribution is 2.18. The number of rotatable bonds is 5. The molecule has 3 rings (SSSR count). The molecule has 26 heavy (non-hydrogen) atoms. The maximum Gasteiger partial charge on any atom is 0.337 e. The maximum atomic E-state index is 12.3. The Hall–Kier alpha value is -3.68. The van der Waals surface area contributed by atoms with Crippen LogP contribution in [0.15, 0.2) is 53.2 Å². The van der Waals surface area contributed by atoms with Crippen molar-refractivity contribution in [3.63, 3.8) is 0 Å². The highest BCUT2D eigenvalue weighted by Gasteiger charge is 2.11. The minimum Gasteiger partial charge on any atom is -0.465 e.